The Kier molecular flexibility index (Phi) is 5.51. The monoisotopic (exact) mass is 172 g/mol. The van der Waals surface area contributed by atoms with Gasteiger partial charge in [0.25, 0.3) is 0 Å². The molecule has 0 unspecified atom stereocenters. The van der Waals surface area contributed by atoms with Crippen molar-refractivity contribution in [1.29, 1.82) is 0 Å². The lowest BCUT2D eigenvalue weighted by molar-refractivity contribution is 0.404. The van der Waals surface area contributed by atoms with Crippen LogP contribution in [0.5, 0.6) is 0 Å². The zero-order valence-electron chi connectivity index (χ0n) is 8.18. The van der Waals surface area contributed by atoms with Crippen LogP contribution in [-0.4, -0.2) is 15.4 Å². The summed E-state index contributed by atoms with van der Waals surface area (Å²) in [6.45, 7) is 6.61. The van der Waals surface area contributed by atoms with Crippen molar-refractivity contribution in [1.82, 2.24) is 0 Å². The molecule has 0 spiro atoms. The number of hydrogen-bond acceptors (Lipinski definition) is 1. The quantitative estimate of drug-likeness (QED) is 0.579. The lowest BCUT2D eigenvalue weighted by Crippen LogP contribution is -2.32. The van der Waals surface area contributed by atoms with Crippen LogP contribution in [0.25, 0.3) is 0 Å². The van der Waals surface area contributed by atoms with Gasteiger partial charge in [-0.25, -0.2) is 0 Å². The molecule has 0 aromatic heterocycles. The third-order valence-corrected chi connectivity index (χ3v) is 6.31. The van der Waals surface area contributed by atoms with Crippen LogP contribution >= 0.6 is 0 Å². The van der Waals surface area contributed by atoms with Crippen LogP contribution in [0.1, 0.15) is 27.2 Å². The van der Waals surface area contributed by atoms with Crippen molar-refractivity contribution in [3.63, 3.8) is 0 Å². The molecule has 0 N–H and O–H groups in total. The lowest BCUT2D eigenvalue weighted by atomic mass is 10.5. The average Bonchev–Trinajstić information content (AvgIpc) is 2.08. The van der Waals surface area contributed by atoms with Gasteiger partial charge in [0, 0.05) is 7.11 Å². The topological polar surface area (TPSA) is 9.23 Å². The third-order valence-electron chi connectivity index (χ3n) is 2.26. The van der Waals surface area contributed by atoms with E-state index in [0.29, 0.717) is 0 Å². The first-order chi connectivity index (χ1) is 5.24. The van der Waals surface area contributed by atoms with Gasteiger partial charge in [-0.3, -0.25) is 0 Å². The highest BCUT2D eigenvalue weighted by Crippen LogP contribution is 2.17. The van der Waals surface area contributed by atoms with Gasteiger partial charge in [0.05, 0.1) is 0 Å². The van der Waals surface area contributed by atoms with Crippen LogP contribution in [0, 0.1) is 0 Å². The third kappa shape index (κ3) is 3.21. The predicted octanol–water partition coefficient (Wildman–Crippen LogP) is 3.12. The van der Waals surface area contributed by atoms with Crippen LogP contribution in [0.4, 0.5) is 0 Å². The van der Waals surface area contributed by atoms with Gasteiger partial charge in [0.15, 0.2) is 0 Å². The van der Waals surface area contributed by atoms with Crippen molar-refractivity contribution in [3.8, 4) is 0 Å². The Bertz CT molecular complexity index is 108. The van der Waals surface area contributed by atoms with Crippen molar-refractivity contribution in [2.75, 3.05) is 7.11 Å². The largest absolute Gasteiger partial charge is 0.416 e. The average molecular weight is 172 g/mol. The van der Waals surface area contributed by atoms with E-state index in [0.717, 1.165) is 6.42 Å². The molecule has 0 radical (unpaired) electrons. The second kappa shape index (κ2) is 5.55. The molecular formula is C9H20OSi. The molecular weight excluding hydrogens is 152 g/mol. The number of allylic oxidation sites excluding steroid dienone is 1. The van der Waals surface area contributed by atoms with Crippen LogP contribution in [0.3, 0.4) is 0 Å². The molecule has 0 saturated heterocycles. The summed E-state index contributed by atoms with van der Waals surface area (Å²) in [5.41, 5.74) is 2.33. The maximum atomic E-state index is 5.59. The van der Waals surface area contributed by atoms with Gasteiger partial charge < -0.3 is 4.43 Å². The standard InChI is InChI=1S/C9H20OSi/c1-5-8-9-11(6-2,7-3)10-4/h8-9H,5-7H2,1-4H3. The van der Waals surface area contributed by atoms with Gasteiger partial charge in [-0.15, -0.1) is 0 Å². The summed E-state index contributed by atoms with van der Waals surface area (Å²) in [7, 11) is 0.428. The molecule has 11 heavy (non-hydrogen) atoms. The summed E-state index contributed by atoms with van der Waals surface area (Å²) < 4.78 is 5.59. The molecule has 0 bridgehead atoms. The Morgan fingerprint density at radius 1 is 1.18 bits per heavy atom. The van der Waals surface area contributed by atoms with Crippen LogP contribution in [0.2, 0.25) is 12.1 Å². The molecule has 0 saturated carbocycles. The molecule has 1 nitrogen and oxygen atoms in total. The predicted molar refractivity (Wildman–Crippen MR) is 53.2 cm³/mol. The molecule has 66 valence electrons. The fraction of sp³-hybridized carbons (Fsp3) is 0.778. The van der Waals surface area contributed by atoms with Gasteiger partial charge in [-0.05, 0) is 18.5 Å². The Morgan fingerprint density at radius 3 is 2.00 bits per heavy atom. The highest BCUT2D eigenvalue weighted by molar-refractivity contribution is 6.78. The summed E-state index contributed by atoms with van der Waals surface area (Å²) >= 11 is 0. The highest BCUT2D eigenvalue weighted by Gasteiger charge is 2.25. The maximum Gasteiger partial charge on any atom is 0.215 e. The van der Waals surface area contributed by atoms with Crippen molar-refractivity contribution < 1.29 is 4.43 Å². The molecule has 0 rings (SSSR count). The Morgan fingerprint density at radius 2 is 1.73 bits per heavy atom. The first-order valence-corrected chi connectivity index (χ1v) is 6.87. The zero-order chi connectivity index (χ0) is 8.74. The summed E-state index contributed by atoms with van der Waals surface area (Å²) in [4.78, 5) is 0. The minimum Gasteiger partial charge on any atom is -0.416 e. The van der Waals surface area contributed by atoms with Gasteiger partial charge >= 0.3 is 0 Å². The van der Waals surface area contributed by atoms with E-state index in [9.17, 15) is 0 Å². The number of rotatable bonds is 5. The first-order valence-electron chi connectivity index (χ1n) is 4.47. The van der Waals surface area contributed by atoms with E-state index in [4.69, 9.17) is 4.43 Å². The van der Waals surface area contributed by atoms with E-state index in [1.54, 1.807) is 0 Å². The van der Waals surface area contributed by atoms with Crippen molar-refractivity contribution in [2.45, 2.75) is 39.3 Å². The normalized spacial score (nSPS) is 12.7. The van der Waals surface area contributed by atoms with Crippen LogP contribution in [0.15, 0.2) is 11.8 Å². The van der Waals surface area contributed by atoms with E-state index in [-0.39, 0.29) is 0 Å². The Balaban J connectivity index is 4.16. The smallest absolute Gasteiger partial charge is 0.215 e. The number of hydrogen-bond donors (Lipinski definition) is 0. The van der Waals surface area contributed by atoms with E-state index in [1.165, 1.54) is 12.1 Å². The van der Waals surface area contributed by atoms with Crippen molar-refractivity contribution >= 4 is 8.32 Å². The van der Waals surface area contributed by atoms with E-state index < -0.39 is 8.32 Å². The molecule has 0 amide bonds. The van der Waals surface area contributed by atoms with Gasteiger partial charge in [0.1, 0.15) is 0 Å². The fourth-order valence-electron chi connectivity index (χ4n) is 1.18. The van der Waals surface area contributed by atoms with Crippen molar-refractivity contribution in [2.24, 2.45) is 0 Å². The summed E-state index contributed by atoms with van der Waals surface area (Å²) in [5, 5.41) is 0. The second-order valence-electron chi connectivity index (χ2n) is 2.79. The molecule has 0 atom stereocenters. The van der Waals surface area contributed by atoms with Gasteiger partial charge in [-0.2, -0.15) is 0 Å². The van der Waals surface area contributed by atoms with E-state index in [2.05, 4.69) is 32.5 Å². The summed E-state index contributed by atoms with van der Waals surface area (Å²) in [6, 6.07) is 2.38. The molecule has 2 heteroatoms. The maximum absolute atomic E-state index is 5.59. The Hall–Kier alpha value is -0.0831. The molecule has 0 aliphatic carbocycles. The summed E-state index contributed by atoms with van der Waals surface area (Å²) in [6.07, 6.45) is 3.36. The lowest BCUT2D eigenvalue weighted by Gasteiger charge is -2.22. The molecule has 0 aromatic carbocycles. The second-order valence-corrected chi connectivity index (χ2v) is 7.07. The molecule has 0 aliphatic rings. The minimum atomic E-state index is -1.42. The first kappa shape index (κ1) is 10.9. The SMILES string of the molecule is CCC=C[Si](CC)(CC)OC. The molecule has 0 aliphatic heterocycles. The molecule has 0 heterocycles. The van der Waals surface area contributed by atoms with E-state index >= 15 is 0 Å². The molecule has 0 aromatic rings. The molecule has 0 fully saturated rings. The van der Waals surface area contributed by atoms with Crippen LogP contribution < -0.4 is 0 Å². The van der Waals surface area contributed by atoms with Crippen molar-refractivity contribution in [3.05, 3.63) is 11.8 Å². The van der Waals surface area contributed by atoms with Gasteiger partial charge in [-0.1, -0.05) is 32.5 Å². The van der Waals surface area contributed by atoms with Crippen LogP contribution in [-0.2, 0) is 4.43 Å². The van der Waals surface area contributed by atoms with E-state index in [1.807, 2.05) is 7.11 Å². The zero-order valence-corrected chi connectivity index (χ0v) is 9.18. The fourth-order valence-corrected chi connectivity index (χ4v) is 3.53. The summed E-state index contributed by atoms with van der Waals surface area (Å²) in [5.74, 6) is 0. The van der Waals surface area contributed by atoms with Gasteiger partial charge in [0.2, 0.25) is 8.32 Å². The highest BCUT2D eigenvalue weighted by atomic mass is 28.4. The Labute approximate surface area is 71.6 Å². The minimum absolute atomic E-state index is 1.12.